The van der Waals surface area contributed by atoms with Gasteiger partial charge in [-0.1, -0.05) is 19.9 Å². The van der Waals surface area contributed by atoms with E-state index in [0.717, 1.165) is 0 Å². The normalized spacial score (nSPS) is 19.1. The van der Waals surface area contributed by atoms with Gasteiger partial charge in [-0.3, -0.25) is 4.79 Å². The van der Waals surface area contributed by atoms with Crippen molar-refractivity contribution in [1.29, 1.82) is 0 Å². The third-order valence-corrected chi connectivity index (χ3v) is 3.31. The van der Waals surface area contributed by atoms with Crippen molar-refractivity contribution in [1.82, 2.24) is 9.88 Å². The zero-order chi connectivity index (χ0) is 14.7. The second kappa shape index (κ2) is 6.00. The number of ether oxygens (including phenoxy) is 1. The molecule has 1 atom stereocenters. The number of amides is 1. The quantitative estimate of drug-likeness (QED) is 0.900. The van der Waals surface area contributed by atoms with E-state index >= 15 is 0 Å². The molecule has 1 N–H and O–H groups in total. The van der Waals surface area contributed by atoms with Gasteiger partial charge in [-0.15, -0.1) is 0 Å². The Labute approximate surface area is 117 Å². The number of aromatic nitrogens is 1. The van der Waals surface area contributed by atoms with Crippen LogP contribution in [0.2, 0.25) is 0 Å². The Kier molecular flexibility index (Phi) is 4.34. The lowest BCUT2D eigenvalue weighted by molar-refractivity contribution is -0.0422. The first-order valence-corrected chi connectivity index (χ1v) is 6.60. The smallest absolute Gasteiger partial charge is 0.354 e. The number of carbonyl (C=O) groups is 2. The summed E-state index contributed by atoms with van der Waals surface area (Å²) in [6, 6.07) is 4.44. The van der Waals surface area contributed by atoms with Gasteiger partial charge in [0.25, 0.3) is 5.91 Å². The molecular formula is C14H18N2O4. The molecule has 1 amide bonds. The molecule has 2 heterocycles. The highest BCUT2D eigenvalue weighted by Gasteiger charge is 2.27. The van der Waals surface area contributed by atoms with Gasteiger partial charge in [-0.25, -0.2) is 9.78 Å². The average Bonchev–Trinajstić information content (AvgIpc) is 2.46. The van der Waals surface area contributed by atoms with Crippen LogP contribution in [0.1, 0.15) is 34.8 Å². The van der Waals surface area contributed by atoms with Crippen LogP contribution in [-0.2, 0) is 4.74 Å². The van der Waals surface area contributed by atoms with E-state index in [-0.39, 0.29) is 23.4 Å². The lowest BCUT2D eigenvalue weighted by atomic mass is 10.1. The Bertz CT molecular complexity index is 516. The summed E-state index contributed by atoms with van der Waals surface area (Å²) in [6.07, 6.45) is 0.00959. The van der Waals surface area contributed by atoms with E-state index in [1.54, 1.807) is 4.90 Å². The summed E-state index contributed by atoms with van der Waals surface area (Å²) in [5.41, 5.74) is 0.0406. The Morgan fingerprint density at radius 1 is 1.40 bits per heavy atom. The van der Waals surface area contributed by atoms with Crippen LogP contribution in [-0.4, -0.2) is 52.7 Å². The fourth-order valence-corrected chi connectivity index (χ4v) is 2.10. The van der Waals surface area contributed by atoms with Gasteiger partial charge in [0.05, 0.1) is 12.7 Å². The Hall–Kier alpha value is -1.95. The zero-order valence-electron chi connectivity index (χ0n) is 11.6. The molecule has 20 heavy (non-hydrogen) atoms. The first-order valence-electron chi connectivity index (χ1n) is 6.60. The summed E-state index contributed by atoms with van der Waals surface area (Å²) >= 11 is 0. The number of carbonyl (C=O) groups excluding carboxylic acids is 1. The Balaban J connectivity index is 2.14. The van der Waals surface area contributed by atoms with Crippen molar-refractivity contribution in [3.8, 4) is 0 Å². The van der Waals surface area contributed by atoms with Crippen molar-refractivity contribution in [3.05, 3.63) is 29.6 Å². The predicted octanol–water partition coefficient (Wildman–Crippen LogP) is 1.28. The summed E-state index contributed by atoms with van der Waals surface area (Å²) in [4.78, 5) is 28.8. The first-order chi connectivity index (χ1) is 9.49. The number of rotatable bonds is 3. The molecule has 1 saturated heterocycles. The molecule has 0 bridgehead atoms. The summed E-state index contributed by atoms with van der Waals surface area (Å²) in [5, 5.41) is 8.91. The van der Waals surface area contributed by atoms with Crippen molar-refractivity contribution in [2.45, 2.75) is 20.0 Å². The number of carboxylic acid groups (broad SMARTS) is 1. The number of hydrogen-bond donors (Lipinski definition) is 1. The minimum absolute atomic E-state index is 0.00959. The van der Waals surface area contributed by atoms with E-state index in [1.807, 2.05) is 13.8 Å². The van der Waals surface area contributed by atoms with E-state index in [0.29, 0.717) is 25.6 Å². The summed E-state index contributed by atoms with van der Waals surface area (Å²) in [7, 11) is 0. The lowest BCUT2D eigenvalue weighted by Crippen LogP contribution is -2.47. The number of pyridine rings is 1. The average molecular weight is 278 g/mol. The molecule has 0 aliphatic carbocycles. The first kappa shape index (κ1) is 14.5. The summed E-state index contributed by atoms with van der Waals surface area (Å²) in [5.74, 6) is -1.06. The molecule has 1 aliphatic heterocycles. The minimum atomic E-state index is -1.14. The van der Waals surface area contributed by atoms with Crippen LogP contribution in [0.15, 0.2) is 18.2 Å². The van der Waals surface area contributed by atoms with Crippen molar-refractivity contribution in [2.75, 3.05) is 19.7 Å². The van der Waals surface area contributed by atoms with Gasteiger partial charge >= 0.3 is 5.97 Å². The summed E-state index contributed by atoms with van der Waals surface area (Å²) < 4.78 is 5.61. The summed E-state index contributed by atoms with van der Waals surface area (Å²) in [6.45, 7) is 5.59. The second-order valence-corrected chi connectivity index (χ2v) is 5.12. The molecule has 0 saturated carbocycles. The monoisotopic (exact) mass is 278 g/mol. The molecule has 0 spiro atoms. The molecule has 108 valence electrons. The van der Waals surface area contributed by atoms with Gasteiger partial charge in [0.15, 0.2) is 0 Å². The van der Waals surface area contributed by atoms with Crippen LogP contribution >= 0.6 is 0 Å². The molecular weight excluding hydrogens is 260 g/mol. The molecule has 6 heteroatoms. The standard InChI is InChI=1S/C14H18N2O4/c1-9(2)12-8-16(6-7-20-12)13(17)10-4-3-5-11(15-10)14(18)19/h3-5,9,12H,6-8H2,1-2H3,(H,18,19). The third kappa shape index (κ3) is 3.14. The van der Waals surface area contributed by atoms with E-state index in [1.165, 1.54) is 18.2 Å². The van der Waals surface area contributed by atoms with Crippen LogP contribution in [0.4, 0.5) is 0 Å². The van der Waals surface area contributed by atoms with E-state index in [2.05, 4.69) is 4.98 Å². The van der Waals surface area contributed by atoms with Gasteiger partial charge in [0.2, 0.25) is 0 Å². The maximum atomic E-state index is 12.4. The topological polar surface area (TPSA) is 79.7 Å². The minimum Gasteiger partial charge on any atom is -0.477 e. The van der Waals surface area contributed by atoms with Crippen molar-refractivity contribution in [2.24, 2.45) is 5.92 Å². The molecule has 1 fully saturated rings. The maximum absolute atomic E-state index is 12.4. The fourth-order valence-electron chi connectivity index (χ4n) is 2.10. The number of hydrogen-bond acceptors (Lipinski definition) is 4. The highest BCUT2D eigenvalue weighted by Crippen LogP contribution is 2.15. The SMILES string of the molecule is CC(C)C1CN(C(=O)c2cccc(C(=O)O)n2)CCO1. The molecule has 0 radical (unpaired) electrons. The van der Waals surface area contributed by atoms with Crippen molar-refractivity contribution < 1.29 is 19.4 Å². The predicted molar refractivity (Wildman–Crippen MR) is 71.7 cm³/mol. The van der Waals surface area contributed by atoms with Crippen molar-refractivity contribution >= 4 is 11.9 Å². The number of nitrogens with zero attached hydrogens (tertiary/aromatic N) is 2. The molecule has 1 aliphatic rings. The highest BCUT2D eigenvalue weighted by atomic mass is 16.5. The second-order valence-electron chi connectivity index (χ2n) is 5.12. The van der Waals surface area contributed by atoms with Gasteiger partial charge in [-0.2, -0.15) is 0 Å². The highest BCUT2D eigenvalue weighted by molar-refractivity contribution is 5.94. The molecule has 0 aromatic carbocycles. The van der Waals surface area contributed by atoms with E-state index in [4.69, 9.17) is 9.84 Å². The van der Waals surface area contributed by atoms with Gasteiger partial charge in [0.1, 0.15) is 11.4 Å². The van der Waals surface area contributed by atoms with Crippen LogP contribution < -0.4 is 0 Å². The fraction of sp³-hybridized carbons (Fsp3) is 0.500. The molecule has 1 aromatic rings. The maximum Gasteiger partial charge on any atom is 0.354 e. The number of aromatic carboxylic acids is 1. The van der Waals surface area contributed by atoms with E-state index < -0.39 is 5.97 Å². The largest absolute Gasteiger partial charge is 0.477 e. The van der Waals surface area contributed by atoms with Gasteiger partial charge in [0, 0.05) is 13.1 Å². The Morgan fingerprint density at radius 2 is 2.10 bits per heavy atom. The van der Waals surface area contributed by atoms with Crippen LogP contribution in [0.3, 0.4) is 0 Å². The Morgan fingerprint density at radius 3 is 2.75 bits per heavy atom. The number of morpholine rings is 1. The van der Waals surface area contributed by atoms with Gasteiger partial charge < -0.3 is 14.7 Å². The number of carboxylic acids is 1. The van der Waals surface area contributed by atoms with Crippen molar-refractivity contribution in [3.63, 3.8) is 0 Å². The lowest BCUT2D eigenvalue weighted by Gasteiger charge is -2.34. The zero-order valence-corrected chi connectivity index (χ0v) is 11.6. The third-order valence-electron chi connectivity index (χ3n) is 3.31. The molecule has 1 unspecified atom stereocenters. The van der Waals surface area contributed by atoms with Gasteiger partial charge in [-0.05, 0) is 18.1 Å². The van der Waals surface area contributed by atoms with Crippen LogP contribution in [0.25, 0.3) is 0 Å². The molecule has 2 rings (SSSR count). The molecule has 1 aromatic heterocycles. The van der Waals surface area contributed by atoms with Crippen LogP contribution in [0, 0.1) is 5.92 Å². The molecule has 6 nitrogen and oxygen atoms in total. The van der Waals surface area contributed by atoms with Crippen LogP contribution in [0.5, 0.6) is 0 Å². The van der Waals surface area contributed by atoms with E-state index in [9.17, 15) is 9.59 Å².